The molecule has 1 aliphatic heterocycles. The lowest BCUT2D eigenvalue weighted by Gasteiger charge is -2.30. The number of piperazine rings is 1. The normalized spacial score (nSPS) is 15.2. The van der Waals surface area contributed by atoms with E-state index >= 15 is 0 Å². The summed E-state index contributed by atoms with van der Waals surface area (Å²) >= 11 is 0. The van der Waals surface area contributed by atoms with Crippen molar-refractivity contribution in [1.82, 2.24) is 19.9 Å². The van der Waals surface area contributed by atoms with Gasteiger partial charge in [0.1, 0.15) is 0 Å². The molecule has 4 rings (SSSR count). The number of hydrogen-bond donors (Lipinski definition) is 3. The largest absolute Gasteiger partial charge is 0.369 e. The Morgan fingerprint density at radius 3 is 2.65 bits per heavy atom. The molecule has 0 saturated carbocycles. The summed E-state index contributed by atoms with van der Waals surface area (Å²) in [6, 6.07) is 7.39. The number of nitrogens with one attached hydrogen (secondary N) is 3. The maximum Gasteiger partial charge on any atom is 0.332 e. The molecule has 118 valence electrons. The summed E-state index contributed by atoms with van der Waals surface area (Å²) in [5.41, 5.74) is 1.97. The summed E-state index contributed by atoms with van der Waals surface area (Å²) in [4.78, 5) is 31.3. The fraction of sp³-hybridized carbons (Fsp3) is 0.250. The molecule has 7 heteroatoms. The first-order valence-electron chi connectivity index (χ1n) is 7.61. The lowest BCUT2D eigenvalue weighted by atomic mass is 10.1. The molecule has 0 amide bonds. The third-order valence-corrected chi connectivity index (χ3v) is 4.20. The van der Waals surface area contributed by atoms with Crippen molar-refractivity contribution in [3.05, 3.63) is 57.5 Å². The number of fused-ring (bicyclic) bond motifs is 1. The van der Waals surface area contributed by atoms with Crippen LogP contribution in [0.2, 0.25) is 0 Å². The highest BCUT2D eigenvalue weighted by Crippen LogP contribution is 2.27. The number of anilines is 1. The highest BCUT2D eigenvalue weighted by molar-refractivity contribution is 5.91. The number of hydrogen-bond acceptors (Lipinski definition) is 4. The molecule has 2 aromatic heterocycles. The molecule has 1 saturated heterocycles. The second kappa shape index (κ2) is 5.44. The van der Waals surface area contributed by atoms with E-state index in [0.717, 1.165) is 48.5 Å². The fourth-order valence-corrected chi connectivity index (χ4v) is 3.04. The van der Waals surface area contributed by atoms with Crippen LogP contribution in [0.25, 0.3) is 16.6 Å². The van der Waals surface area contributed by atoms with Crippen LogP contribution in [0.4, 0.5) is 5.69 Å². The second-order valence-corrected chi connectivity index (χ2v) is 5.62. The van der Waals surface area contributed by atoms with Crippen LogP contribution in [-0.4, -0.2) is 40.7 Å². The van der Waals surface area contributed by atoms with Crippen molar-refractivity contribution in [2.75, 3.05) is 31.1 Å². The van der Waals surface area contributed by atoms with Crippen LogP contribution < -0.4 is 21.5 Å². The zero-order valence-corrected chi connectivity index (χ0v) is 12.5. The molecule has 0 spiro atoms. The lowest BCUT2D eigenvalue weighted by Crippen LogP contribution is -2.43. The van der Waals surface area contributed by atoms with Gasteiger partial charge in [0.25, 0.3) is 5.56 Å². The Labute approximate surface area is 131 Å². The monoisotopic (exact) mass is 311 g/mol. The van der Waals surface area contributed by atoms with E-state index < -0.39 is 11.2 Å². The summed E-state index contributed by atoms with van der Waals surface area (Å²) in [5.74, 6) is 0. The van der Waals surface area contributed by atoms with Gasteiger partial charge in [-0.2, -0.15) is 0 Å². The summed E-state index contributed by atoms with van der Waals surface area (Å²) in [6.07, 6.45) is 3.37. The Morgan fingerprint density at radius 1 is 1.04 bits per heavy atom. The molecular formula is C16H17N5O2. The number of H-pyrrole nitrogens is 2. The number of aromatic amines is 2. The molecule has 0 radical (unpaired) electrons. The molecule has 1 aliphatic rings. The molecule has 3 heterocycles. The van der Waals surface area contributed by atoms with Crippen LogP contribution in [0.5, 0.6) is 0 Å². The minimum absolute atomic E-state index is 0.394. The Bertz CT molecular complexity index is 962. The quantitative estimate of drug-likeness (QED) is 0.640. The molecule has 1 fully saturated rings. The first-order valence-corrected chi connectivity index (χ1v) is 7.61. The SMILES string of the molecule is O=c1ccn(-c2cc(N3CCNCC3)cc3[nH]ccc23)c(=O)[nH]1. The summed E-state index contributed by atoms with van der Waals surface area (Å²) in [7, 11) is 0. The van der Waals surface area contributed by atoms with Gasteiger partial charge in [0.15, 0.2) is 0 Å². The van der Waals surface area contributed by atoms with Gasteiger partial charge in [-0.15, -0.1) is 0 Å². The van der Waals surface area contributed by atoms with Gasteiger partial charge >= 0.3 is 5.69 Å². The average Bonchev–Trinajstić information content (AvgIpc) is 3.03. The minimum Gasteiger partial charge on any atom is -0.369 e. The van der Waals surface area contributed by atoms with Crippen molar-refractivity contribution in [1.29, 1.82) is 0 Å². The molecule has 23 heavy (non-hydrogen) atoms. The zero-order valence-electron chi connectivity index (χ0n) is 12.5. The molecule has 0 aliphatic carbocycles. The molecule has 0 unspecified atom stereocenters. The van der Waals surface area contributed by atoms with Crippen LogP contribution in [0, 0.1) is 0 Å². The van der Waals surface area contributed by atoms with Crippen LogP contribution in [0.1, 0.15) is 0 Å². The van der Waals surface area contributed by atoms with Crippen molar-refractivity contribution in [2.45, 2.75) is 0 Å². The number of aromatic nitrogens is 3. The Hall–Kier alpha value is -2.80. The van der Waals surface area contributed by atoms with Gasteiger partial charge in [-0.05, 0) is 18.2 Å². The Morgan fingerprint density at radius 2 is 1.87 bits per heavy atom. The smallest absolute Gasteiger partial charge is 0.332 e. The van der Waals surface area contributed by atoms with Gasteiger partial charge in [-0.3, -0.25) is 14.3 Å². The zero-order chi connectivity index (χ0) is 15.8. The van der Waals surface area contributed by atoms with E-state index in [0.29, 0.717) is 0 Å². The minimum atomic E-state index is -0.433. The molecule has 3 N–H and O–H groups in total. The molecule has 1 aromatic carbocycles. The van der Waals surface area contributed by atoms with E-state index in [2.05, 4.69) is 26.3 Å². The van der Waals surface area contributed by atoms with E-state index in [4.69, 9.17) is 0 Å². The molecular weight excluding hydrogens is 294 g/mol. The van der Waals surface area contributed by atoms with Crippen LogP contribution in [0.3, 0.4) is 0 Å². The van der Waals surface area contributed by atoms with Crippen molar-refractivity contribution >= 4 is 16.6 Å². The molecule has 7 nitrogen and oxygen atoms in total. The molecule has 0 bridgehead atoms. The van der Waals surface area contributed by atoms with Gasteiger partial charge in [0.05, 0.1) is 5.69 Å². The van der Waals surface area contributed by atoms with Gasteiger partial charge in [-0.1, -0.05) is 0 Å². The third kappa shape index (κ3) is 2.44. The number of rotatable bonds is 2. The average molecular weight is 311 g/mol. The first kappa shape index (κ1) is 13.8. The van der Waals surface area contributed by atoms with Crippen LogP contribution in [0.15, 0.2) is 46.2 Å². The van der Waals surface area contributed by atoms with Gasteiger partial charge in [0, 0.05) is 61.2 Å². The summed E-state index contributed by atoms with van der Waals surface area (Å²) in [5, 5.41) is 4.28. The summed E-state index contributed by atoms with van der Waals surface area (Å²) < 4.78 is 1.48. The standard InChI is InChI=1S/C16H17N5O2/c22-15-2-6-21(16(23)19-15)14-10-11(20-7-4-17-5-8-20)9-13-12(14)1-3-18-13/h1-3,6,9-10,17-18H,4-5,7-8H2,(H,19,22,23). The van der Waals surface area contributed by atoms with Gasteiger partial charge in [0.2, 0.25) is 0 Å². The highest BCUT2D eigenvalue weighted by Gasteiger charge is 2.15. The molecule has 0 atom stereocenters. The van der Waals surface area contributed by atoms with Crippen LogP contribution in [-0.2, 0) is 0 Å². The lowest BCUT2D eigenvalue weighted by molar-refractivity contribution is 0.589. The maximum atomic E-state index is 12.2. The van der Waals surface area contributed by atoms with Crippen molar-refractivity contribution in [2.24, 2.45) is 0 Å². The maximum absolute atomic E-state index is 12.2. The van der Waals surface area contributed by atoms with Crippen molar-refractivity contribution < 1.29 is 0 Å². The van der Waals surface area contributed by atoms with E-state index in [1.807, 2.05) is 18.3 Å². The van der Waals surface area contributed by atoms with E-state index in [1.165, 1.54) is 16.8 Å². The van der Waals surface area contributed by atoms with E-state index in [-0.39, 0.29) is 0 Å². The fourth-order valence-electron chi connectivity index (χ4n) is 3.04. The second-order valence-electron chi connectivity index (χ2n) is 5.62. The summed E-state index contributed by atoms with van der Waals surface area (Å²) in [6.45, 7) is 3.73. The van der Waals surface area contributed by atoms with E-state index in [9.17, 15) is 9.59 Å². The Balaban J connectivity index is 1.92. The highest BCUT2D eigenvalue weighted by atomic mass is 16.2. The predicted molar refractivity (Wildman–Crippen MR) is 89.6 cm³/mol. The predicted octanol–water partition coefficient (Wildman–Crippen LogP) is 0.417. The van der Waals surface area contributed by atoms with Gasteiger partial charge in [-0.25, -0.2) is 4.79 Å². The number of nitrogens with zero attached hydrogens (tertiary/aromatic N) is 2. The van der Waals surface area contributed by atoms with Crippen LogP contribution >= 0.6 is 0 Å². The van der Waals surface area contributed by atoms with E-state index in [1.54, 1.807) is 0 Å². The van der Waals surface area contributed by atoms with Crippen molar-refractivity contribution in [3.8, 4) is 5.69 Å². The topological polar surface area (TPSA) is 85.9 Å². The Kier molecular flexibility index (Phi) is 3.27. The van der Waals surface area contributed by atoms with Gasteiger partial charge < -0.3 is 15.2 Å². The molecule has 3 aromatic rings. The third-order valence-electron chi connectivity index (χ3n) is 4.20. The number of benzene rings is 1. The van der Waals surface area contributed by atoms with Crippen molar-refractivity contribution in [3.63, 3.8) is 0 Å². The first-order chi connectivity index (χ1) is 11.2.